The first kappa shape index (κ1) is 15.1. The number of rotatable bonds is 5. The number of aromatic nitrogens is 3. The van der Waals surface area contributed by atoms with Crippen LogP contribution < -0.4 is 10.1 Å². The number of ether oxygens (including phenoxy) is 1. The smallest absolute Gasteiger partial charge is 0.184 e. The van der Waals surface area contributed by atoms with Gasteiger partial charge in [0.05, 0.1) is 22.5 Å². The third-order valence-corrected chi connectivity index (χ3v) is 4.81. The molecule has 22 heavy (non-hydrogen) atoms. The molecule has 3 aromatic rings. The predicted molar refractivity (Wildman–Crippen MR) is 91.1 cm³/mol. The van der Waals surface area contributed by atoms with E-state index in [0.717, 1.165) is 32.4 Å². The van der Waals surface area contributed by atoms with Gasteiger partial charge >= 0.3 is 0 Å². The van der Waals surface area contributed by atoms with E-state index in [1.165, 1.54) is 0 Å². The Bertz CT molecular complexity index is 811. The quantitative estimate of drug-likeness (QED) is 0.765. The fourth-order valence-corrected chi connectivity index (χ4v) is 3.41. The van der Waals surface area contributed by atoms with E-state index in [1.54, 1.807) is 16.0 Å². The van der Waals surface area contributed by atoms with Crippen molar-refractivity contribution in [2.45, 2.75) is 20.4 Å². The topological polar surface area (TPSA) is 52.0 Å². The maximum Gasteiger partial charge on any atom is 0.184 e. The van der Waals surface area contributed by atoms with Gasteiger partial charge in [-0.15, -0.1) is 0 Å². The molecule has 0 spiro atoms. The number of thiazole rings is 1. The summed E-state index contributed by atoms with van der Waals surface area (Å²) in [5, 5.41) is 9.16. The lowest BCUT2D eigenvalue weighted by molar-refractivity contribution is 0.341. The zero-order chi connectivity index (χ0) is 15.7. The van der Waals surface area contributed by atoms with E-state index in [9.17, 15) is 0 Å². The number of hydrogen-bond acceptors (Lipinski definition) is 5. The molecule has 3 rings (SSSR count). The minimum absolute atomic E-state index is 0.608. The van der Waals surface area contributed by atoms with Gasteiger partial charge in [-0.1, -0.05) is 22.9 Å². The standard InChI is InChI=1S/C15H17ClN4OS/c1-4-21-10-5-6-12-13(7-10)22-15(18-12)17-8-11-9(2)19-20(3)14(11)16/h5-7H,4,8H2,1-3H3,(H,17,18). The van der Waals surface area contributed by atoms with Crippen LogP contribution in [0.25, 0.3) is 10.2 Å². The first-order valence-corrected chi connectivity index (χ1v) is 8.23. The molecular weight excluding hydrogens is 320 g/mol. The van der Waals surface area contributed by atoms with Gasteiger partial charge in [-0.3, -0.25) is 4.68 Å². The van der Waals surface area contributed by atoms with Crippen molar-refractivity contribution in [3.8, 4) is 5.75 Å². The van der Waals surface area contributed by atoms with E-state index >= 15 is 0 Å². The van der Waals surface area contributed by atoms with Gasteiger partial charge in [0.25, 0.3) is 0 Å². The molecular formula is C15H17ClN4OS. The van der Waals surface area contributed by atoms with E-state index < -0.39 is 0 Å². The van der Waals surface area contributed by atoms with Crippen LogP contribution in [0.5, 0.6) is 5.75 Å². The Morgan fingerprint density at radius 2 is 2.23 bits per heavy atom. The van der Waals surface area contributed by atoms with Gasteiger partial charge in [0.15, 0.2) is 5.13 Å². The monoisotopic (exact) mass is 336 g/mol. The SMILES string of the molecule is CCOc1ccc2nc(NCc3c(C)nn(C)c3Cl)sc2c1. The van der Waals surface area contributed by atoms with Crippen LogP contribution in [0.4, 0.5) is 5.13 Å². The normalized spacial score (nSPS) is 11.1. The highest BCUT2D eigenvalue weighted by Gasteiger charge is 2.12. The Labute approximate surface area is 137 Å². The van der Waals surface area contributed by atoms with Crippen LogP contribution in [0, 0.1) is 6.92 Å². The fourth-order valence-electron chi connectivity index (χ4n) is 2.28. The van der Waals surface area contributed by atoms with E-state index in [0.29, 0.717) is 18.3 Å². The number of nitrogens with one attached hydrogen (secondary N) is 1. The average molecular weight is 337 g/mol. The summed E-state index contributed by atoms with van der Waals surface area (Å²) < 4.78 is 8.30. The number of halogens is 1. The summed E-state index contributed by atoms with van der Waals surface area (Å²) in [6.07, 6.45) is 0. The molecule has 0 aliphatic rings. The number of nitrogens with zero attached hydrogens (tertiary/aromatic N) is 3. The first-order valence-electron chi connectivity index (χ1n) is 7.03. The van der Waals surface area contributed by atoms with Crippen LogP contribution >= 0.6 is 22.9 Å². The number of aryl methyl sites for hydroxylation is 2. The fraction of sp³-hybridized carbons (Fsp3) is 0.333. The molecule has 2 heterocycles. The van der Waals surface area contributed by atoms with E-state index in [2.05, 4.69) is 15.4 Å². The summed E-state index contributed by atoms with van der Waals surface area (Å²) in [7, 11) is 1.84. The molecule has 0 unspecified atom stereocenters. The van der Waals surface area contributed by atoms with Gasteiger partial charge in [-0.25, -0.2) is 4.98 Å². The maximum absolute atomic E-state index is 6.24. The molecule has 0 aliphatic carbocycles. The highest BCUT2D eigenvalue weighted by molar-refractivity contribution is 7.22. The Morgan fingerprint density at radius 3 is 2.91 bits per heavy atom. The lowest BCUT2D eigenvalue weighted by Crippen LogP contribution is -2.00. The molecule has 0 atom stereocenters. The van der Waals surface area contributed by atoms with Crippen LogP contribution in [0.3, 0.4) is 0 Å². The van der Waals surface area contributed by atoms with E-state index in [-0.39, 0.29) is 0 Å². The summed E-state index contributed by atoms with van der Waals surface area (Å²) in [6.45, 7) is 5.20. The average Bonchev–Trinajstić information content (AvgIpc) is 2.99. The Balaban J connectivity index is 1.79. The van der Waals surface area contributed by atoms with Crippen LogP contribution in [-0.4, -0.2) is 21.4 Å². The third kappa shape index (κ3) is 2.89. The summed E-state index contributed by atoms with van der Waals surface area (Å²) in [6, 6.07) is 5.94. The van der Waals surface area contributed by atoms with Crippen molar-refractivity contribution in [2.75, 3.05) is 11.9 Å². The number of hydrogen-bond donors (Lipinski definition) is 1. The molecule has 0 bridgehead atoms. The van der Waals surface area contributed by atoms with E-state index in [4.69, 9.17) is 16.3 Å². The molecule has 1 aromatic carbocycles. The highest BCUT2D eigenvalue weighted by Crippen LogP contribution is 2.30. The summed E-state index contributed by atoms with van der Waals surface area (Å²) >= 11 is 7.84. The number of fused-ring (bicyclic) bond motifs is 1. The van der Waals surface area contributed by atoms with Crippen LogP contribution in [-0.2, 0) is 13.6 Å². The summed E-state index contributed by atoms with van der Waals surface area (Å²) in [5.41, 5.74) is 2.89. The lowest BCUT2D eigenvalue weighted by Gasteiger charge is -2.01. The second-order valence-corrected chi connectivity index (χ2v) is 6.30. The van der Waals surface area contributed by atoms with Gasteiger partial charge < -0.3 is 10.1 Å². The molecule has 0 saturated carbocycles. The van der Waals surface area contributed by atoms with Gasteiger partial charge in [0.2, 0.25) is 0 Å². The van der Waals surface area contributed by atoms with Crippen molar-refractivity contribution < 1.29 is 4.74 Å². The molecule has 0 aliphatic heterocycles. The van der Waals surface area contributed by atoms with Crippen molar-refractivity contribution in [3.05, 3.63) is 34.6 Å². The second kappa shape index (κ2) is 6.14. The van der Waals surface area contributed by atoms with Crippen LogP contribution in [0.15, 0.2) is 18.2 Å². The van der Waals surface area contributed by atoms with Crippen molar-refractivity contribution in [3.63, 3.8) is 0 Å². The minimum atomic E-state index is 0.608. The van der Waals surface area contributed by atoms with Gasteiger partial charge in [0.1, 0.15) is 10.9 Å². The summed E-state index contributed by atoms with van der Waals surface area (Å²) in [5.74, 6) is 0.872. The second-order valence-electron chi connectivity index (χ2n) is 4.91. The van der Waals surface area contributed by atoms with Crippen molar-refractivity contribution >= 4 is 38.3 Å². The molecule has 5 nitrogen and oxygen atoms in total. The Morgan fingerprint density at radius 1 is 1.41 bits per heavy atom. The van der Waals surface area contributed by atoms with E-state index in [1.807, 2.05) is 39.1 Å². The molecule has 0 radical (unpaired) electrons. The van der Waals surface area contributed by atoms with Crippen molar-refractivity contribution in [2.24, 2.45) is 7.05 Å². The zero-order valence-electron chi connectivity index (χ0n) is 12.7. The maximum atomic E-state index is 6.24. The predicted octanol–water partition coefficient (Wildman–Crippen LogP) is 4.00. The molecule has 1 N–H and O–H groups in total. The zero-order valence-corrected chi connectivity index (χ0v) is 14.3. The molecule has 116 valence electrons. The van der Waals surface area contributed by atoms with Gasteiger partial charge in [-0.05, 0) is 32.0 Å². The first-order chi connectivity index (χ1) is 10.6. The van der Waals surface area contributed by atoms with Crippen molar-refractivity contribution in [1.82, 2.24) is 14.8 Å². The van der Waals surface area contributed by atoms with Gasteiger partial charge in [-0.2, -0.15) is 5.10 Å². The minimum Gasteiger partial charge on any atom is -0.494 e. The molecule has 2 aromatic heterocycles. The van der Waals surface area contributed by atoms with Crippen LogP contribution in [0.1, 0.15) is 18.2 Å². The lowest BCUT2D eigenvalue weighted by atomic mass is 10.3. The third-order valence-electron chi connectivity index (χ3n) is 3.36. The van der Waals surface area contributed by atoms with Crippen LogP contribution in [0.2, 0.25) is 5.15 Å². The highest BCUT2D eigenvalue weighted by atomic mass is 35.5. The Kier molecular flexibility index (Phi) is 4.22. The number of anilines is 1. The number of benzene rings is 1. The molecule has 0 amide bonds. The van der Waals surface area contributed by atoms with Gasteiger partial charge in [0, 0.05) is 19.2 Å². The molecule has 0 fully saturated rings. The summed E-state index contributed by atoms with van der Waals surface area (Å²) in [4.78, 5) is 4.58. The van der Waals surface area contributed by atoms with Crippen molar-refractivity contribution in [1.29, 1.82) is 0 Å². The molecule has 7 heteroatoms. The largest absolute Gasteiger partial charge is 0.494 e. The molecule has 0 saturated heterocycles. The Hall–Kier alpha value is -1.79.